The van der Waals surface area contributed by atoms with Crippen LogP contribution in [0.15, 0.2) is 36.4 Å². The molecule has 2 aromatic rings. The van der Waals surface area contributed by atoms with Gasteiger partial charge in [-0.1, -0.05) is 6.07 Å². The molecule has 202 valence electrons. The second-order valence-corrected chi connectivity index (χ2v) is 9.96. The van der Waals surface area contributed by atoms with Gasteiger partial charge in [0.2, 0.25) is 5.91 Å². The molecule has 10 heteroatoms. The van der Waals surface area contributed by atoms with Crippen LogP contribution in [-0.4, -0.2) is 56.6 Å². The molecule has 0 bridgehead atoms. The third kappa shape index (κ3) is 6.66. The minimum atomic E-state index is -4.61. The Morgan fingerprint density at radius 1 is 1.05 bits per heavy atom. The topological polar surface area (TPSA) is 61.4 Å². The van der Waals surface area contributed by atoms with Crippen molar-refractivity contribution in [3.05, 3.63) is 70.3 Å². The van der Waals surface area contributed by atoms with Crippen LogP contribution in [0.2, 0.25) is 0 Å². The fourth-order valence-corrected chi connectivity index (χ4v) is 4.76. The molecule has 2 aromatic carbocycles. The summed E-state index contributed by atoms with van der Waals surface area (Å²) < 4.78 is 69.5. The molecule has 2 N–H and O–H groups in total. The van der Waals surface area contributed by atoms with Crippen molar-refractivity contribution >= 4 is 11.8 Å². The summed E-state index contributed by atoms with van der Waals surface area (Å²) in [7, 11) is 5.20. The predicted octanol–water partition coefficient (Wildman–Crippen LogP) is 4.74. The Bertz CT molecular complexity index is 1130. The van der Waals surface area contributed by atoms with E-state index in [0.717, 1.165) is 23.3 Å². The molecule has 2 atom stereocenters. The van der Waals surface area contributed by atoms with Gasteiger partial charge in [-0.25, -0.2) is 8.78 Å². The van der Waals surface area contributed by atoms with E-state index < -0.39 is 41.5 Å². The second-order valence-electron chi connectivity index (χ2n) is 9.96. The molecule has 5 nitrogen and oxygen atoms in total. The van der Waals surface area contributed by atoms with Crippen LogP contribution in [0.5, 0.6) is 0 Å². The summed E-state index contributed by atoms with van der Waals surface area (Å²) in [5.41, 5.74) is 0.0428. The van der Waals surface area contributed by atoms with Crippen LogP contribution >= 0.6 is 0 Å². The zero-order chi connectivity index (χ0) is 27.5. The number of hydrogen-bond donors (Lipinski definition) is 2. The third-order valence-electron chi connectivity index (χ3n) is 7.25. The average Bonchev–Trinajstić information content (AvgIpc) is 3.61. The smallest absolute Gasteiger partial charge is 0.355 e. The fourth-order valence-electron chi connectivity index (χ4n) is 4.76. The van der Waals surface area contributed by atoms with Crippen LogP contribution in [0.3, 0.4) is 0 Å². The summed E-state index contributed by atoms with van der Waals surface area (Å²) in [5.74, 6) is -4.18. The molecular weight excluding hydrogens is 493 g/mol. The quantitative estimate of drug-likeness (QED) is 0.441. The minimum absolute atomic E-state index is 0.158. The zero-order valence-corrected chi connectivity index (χ0v) is 21.3. The second kappa shape index (κ2) is 11.2. The lowest BCUT2D eigenvalue weighted by Gasteiger charge is -2.30. The van der Waals surface area contributed by atoms with Crippen molar-refractivity contribution < 1.29 is 31.5 Å². The summed E-state index contributed by atoms with van der Waals surface area (Å²) in [5, 5.41) is 5.29. The monoisotopic (exact) mass is 525 g/mol. The maximum absolute atomic E-state index is 13.9. The molecule has 37 heavy (non-hydrogen) atoms. The molecule has 1 fully saturated rings. The maximum atomic E-state index is 13.9. The number of carbonyl (C=O) groups is 2. The number of hydrogen-bond acceptors (Lipinski definition) is 3. The van der Waals surface area contributed by atoms with E-state index in [4.69, 9.17) is 0 Å². The third-order valence-corrected chi connectivity index (χ3v) is 7.25. The highest BCUT2D eigenvalue weighted by Gasteiger charge is 2.67. The molecule has 0 radical (unpaired) electrons. The van der Waals surface area contributed by atoms with Gasteiger partial charge in [-0.15, -0.1) is 0 Å². The standard InChI is InChI=1S/C27H32F5N3O2/c1-16-9-18(25(37)33-2)6-5-17(16)12-22(35(3)4)15-34-24(36)14-23(26(7-8-26)27(30,31)32)19-10-20(28)13-21(29)11-19/h5-6,9-11,13,22-23H,7-8,12,14-15H2,1-4H3,(H,33,37)(H,34,36)/t22-,23+/m0/s1. The Hall–Kier alpha value is -3.01. The molecule has 1 aliphatic rings. The van der Waals surface area contributed by atoms with Crippen molar-refractivity contribution in [3.8, 4) is 0 Å². The Labute approximate surface area is 213 Å². The van der Waals surface area contributed by atoms with E-state index in [1.54, 1.807) is 19.2 Å². The van der Waals surface area contributed by atoms with Crippen LogP contribution in [0, 0.1) is 24.0 Å². The number of halogens is 5. The molecule has 3 rings (SSSR count). The number of alkyl halides is 3. The fraction of sp³-hybridized carbons (Fsp3) is 0.481. The number of benzene rings is 2. The van der Waals surface area contributed by atoms with Gasteiger partial charge >= 0.3 is 6.18 Å². The Kier molecular flexibility index (Phi) is 8.62. The van der Waals surface area contributed by atoms with Gasteiger partial charge in [0.1, 0.15) is 11.6 Å². The zero-order valence-electron chi connectivity index (χ0n) is 21.3. The summed E-state index contributed by atoms with van der Waals surface area (Å²) in [6.45, 7) is 2.04. The highest BCUT2D eigenvalue weighted by molar-refractivity contribution is 5.94. The van der Waals surface area contributed by atoms with Crippen LogP contribution in [0.4, 0.5) is 22.0 Å². The van der Waals surface area contributed by atoms with Crippen molar-refractivity contribution in [2.24, 2.45) is 5.41 Å². The first-order valence-electron chi connectivity index (χ1n) is 12.0. The molecule has 1 aliphatic carbocycles. The summed E-state index contributed by atoms with van der Waals surface area (Å²) in [6.07, 6.45) is -5.01. The van der Waals surface area contributed by atoms with E-state index in [1.165, 1.54) is 0 Å². The Balaban J connectivity index is 1.73. The Morgan fingerprint density at radius 2 is 1.68 bits per heavy atom. The van der Waals surface area contributed by atoms with E-state index >= 15 is 0 Å². The lowest BCUT2D eigenvalue weighted by atomic mass is 9.80. The summed E-state index contributed by atoms with van der Waals surface area (Å²) >= 11 is 0. The molecule has 0 unspecified atom stereocenters. The summed E-state index contributed by atoms with van der Waals surface area (Å²) in [4.78, 5) is 26.6. The van der Waals surface area contributed by atoms with Crippen LogP contribution < -0.4 is 10.6 Å². The minimum Gasteiger partial charge on any atom is -0.355 e. The first-order valence-corrected chi connectivity index (χ1v) is 12.0. The van der Waals surface area contributed by atoms with Gasteiger partial charge in [0, 0.05) is 43.6 Å². The van der Waals surface area contributed by atoms with E-state index in [1.807, 2.05) is 32.0 Å². The number of nitrogens with zero attached hydrogens (tertiary/aromatic N) is 1. The highest BCUT2D eigenvalue weighted by atomic mass is 19.4. The van der Waals surface area contributed by atoms with Crippen molar-refractivity contribution in [2.45, 2.75) is 50.7 Å². The van der Waals surface area contributed by atoms with Crippen LogP contribution in [0.1, 0.15) is 52.2 Å². The molecule has 0 heterocycles. The van der Waals surface area contributed by atoms with Crippen molar-refractivity contribution in [3.63, 3.8) is 0 Å². The molecule has 0 aromatic heterocycles. The Morgan fingerprint density at radius 3 is 2.16 bits per heavy atom. The number of aryl methyl sites for hydroxylation is 1. The lowest BCUT2D eigenvalue weighted by molar-refractivity contribution is -0.194. The molecule has 0 saturated heterocycles. The molecule has 2 amide bonds. The van der Waals surface area contributed by atoms with E-state index in [9.17, 15) is 31.5 Å². The van der Waals surface area contributed by atoms with Crippen LogP contribution in [0.25, 0.3) is 0 Å². The largest absolute Gasteiger partial charge is 0.395 e. The normalized spacial score (nSPS) is 16.3. The van der Waals surface area contributed by atoms with Crippen molar-refractivity contribution in [1.29, 1.82) is 0 Å². The van der Waals surface area contributed by atoms with Gasteiger partial charge in [0.15, 0.2) is 0 Å². The lowest BCUT2D eigenvalue weighted by Crippen LogP contribution is -2.43. The number of nitrogens with one attached hydrogen (secondary N) is 2. The number of rotatable bonds is 10. The van der Waals surface area contributed by atoms with Gasteiger partial charge in [0.05, 0.1) is 5.41 Å². The molecule has 0 aliphatic heterocycles. The number of amides is 2. The van der Waals surface area contributed by atoms with E-state index in [-0.39, 0.29) is 36.9 Å². The summed E-state index contributed by atoms with van der Waals surface area (Å²) in [6, 6.07) is 7.49. The van der Waals surface area contributed by atoms with Gasteiger partial charge in [-0.3, -0.25) is 9.59 Å². The van der Waals surface area contributed by atoms with Crippen molar-refractivity contribution in [2.75, 3.05) is 27.7 Å². The first kappa shape index (κ1) is 28.6. The van der Waals surface area contributed by atoms with Crippen LogP contribution in [-0.2, 0) is 11.2 Å². The average molecular weight is 526 g/mol. The molecule has 0 spiro atoms. The number of likely N-dealkylation sites (N-methyl/N-ethyl adjacent to an activating group) is 1. The SMILES string of the molecule is CNC(=O)c1ccc(C[C@@H](CNC(=O)C[C@H](c2cc(F)cc(F)c2)C2(C(F)(F)F)CC2)N(C)C)c(C)c1. The molecular formula is C27H32F5N3O2. The van der Waals surface area contributed by atoms with Gasteiger partial charge in [0.25, 0.3) is 5.91 Å². The van der Waals surface area contributed by atoms with E-state index in [2.05, 4.69) is 10.6 Å². The van der Waals surface area contributed by atoms with Crippen molar-refractivity contribution in [1.82, 2.24) is 15.5 Å². The molecule has 1 saturated carbocycles. The first-order chi connectivity index (χ1) is 17.3. The van der Waals surface area contributed by atoms with Gasteiger partial charge in [-0.05, 0) is 81.2 Å². The van der Waals surface area contributed by atoms with Gasteiger partial charge in [-0.2, -0.15) is 13.2 Å². The predicted molar refractivity (Wildman–Crippen MR) is 130 cm³/mol. The highest BCUT2D eigenvalue weighted by Crippen LogP contribution is 2.66. The van der Waals surface area contributed by atoms with E-state index in [0.29, 0.717) is 18.1 Å². The maximum Gasteiger partial charge on any atom is 0.395 e. The van der Waals surface area contributed by atoms with Gasteiger partial charge < -0.3 is 15.5 Å². The number of carbonyl (C=O) groups excluding carboxylic acids is 2.